The Hall–Kier alpha value is -1.90. The van der Waals surface area contributed by atoms with Crippen molar-refractivity contribution in [2.75, 3.05) is 0 Å². The maximum atomic E-state index is 11.5. The van der Waals surface area contributed by atoms with E-state index >= 15 is 0 Å². The molecule has 0 amide bonds. The SMILES string of the molecule is Cc1ncc[n+]([O-])c1-c1ccccc1. The molecule has 0 aliphatic carbocycles. The molecule has 0 saturated heterocycles. The number of benzene rings is 1. The maximum Gasteiger partial charge on any atom is 0.245 e. The highest BCUT2D eigenvalue weighted by molar-refractivity contribution is 5.57. The van der Waals surface area contributed by atoms with Gasteiger partial charge in [0.15, 0.2) is 6.20 Å². The van der Waals surface area contributed by atoms with Gasteiger partial charge in [-0.1, -0.05) is 18.2 Å². The molecule has 70 valence electrons. The number of aryl methyl sites for hydroxylation is 1. The highest BCUT2D eigenvalue weighted by atomic mass is 16.5. The van der Waals surface area contributed by atoms with Crippen molar-refractivity contribution in [3.05, 3.63) is 53.6 Å². The topological polar surface area (TPSA) is 39.8 Å². The van der Waals surface area contributed by atoms with E-state index in [1.165, 1.54) is 12.4 Å². The first-order valence-electron chi connectivity index (χ1n) is 4.39. The molecular formula is C11H10N2O. The van der Waals surface area contributed by atoms with Crippen molar-refractivity contribution in [3.63, 3.8) is 0 Å². The molecule has 1 aromatic heterocycles. The van der Waals surface area contributed by atoms with Crippen molar-refractivity contribution in [1.29, 1.82) is 0 Å². The molecular weight excluding hydrogens is 176 g/mol. The lowest BCUT2D eigenvalue weighted by atomic mass is 10.1. The molecule has 2 aromatic rings. The number of nitrogens with zero attached hydrogens (tertiary/aromatic N) is 2. The summed E-state index contributed by atoms with van der Waals surface area (Å²) in [6.45, 7) is 1.83. The van der Waals surface area contributed by atoms with Crippen LogP contribution in [0.3, 0.4) is 0 Å². The Balaban J connectivity index is 2.63. The van der Waals surface area contributed by atoms with Crippen LogP contribution in [0.15, 0.2) is 42.7 Å². The van der Waals surface area contributed by atoms with E-state index in [9.17, 15) is 5.21 Å². The van der Waals surface area contributed by atoms with Gasteiger partial charge in [0.2, 0.25) is 5.69 Å². The van der Waals surface area contributed by atoms with E-state index in [0.29, 0.717) is 5.69 Å². The second-order valence-electron chi connectivity index (χ2n) is 3.05. The van der Waals surface area contributed by atoms with Crippen LogP contribution in [0.5, 0.6) is 0 Å². The molecule has 0 N–H and O–H groups in total. The van der Waals surface area contributed by atoms with Crippen molar-refractivity contribution in [3.8, 4) is 11.3 Å². The standard InChI is InChI=1S/C11H10N2O/c1-9-11(13(14)8-7-12-9)10-5-3-2-4-6-10/h2-8H,1H3. The maximum absolute atomic E-state index is 11.5. The first-order chi connectivity index (χ1) is 6.79. The summed E-state index contributed by atoms with van der Waals surface area (Å²) in [5.41, 5.74) is 2.26. The number of rotatable bonds is 1. The summed E-state index contributed by atoms with van der Waals surface area (Å²) < 4.78 is 0.845. The first kappa shape index (κ1) is 8.69. The van der Waals surface area contributed by atoms with E-state index in [4.69, 9.17) is 0 Å². The third kappa shape index (κ3) is 1.44. The minimum absolute atomic E-state index is 0.619. The fraction of sp³-hybridized carbons (Fsp3) is 0.0909. The first-order valence-corrected chi connectivity index (χ1v) is 4.39. The van der Waals surface area contributed by atoms with Crippen molar-refractivity contribution >= 4 is 0 Å². The summed E-state index contributed by atoms with van der Waals surface area (Å²) in [5.74, 6) is 0. The second-order valence-corrected chi connectivity index (χ2v) is 3.05. The van der Waals surface area contributed by atoms with Gasteiger partial charge in [-0.2, -0.15) is 4.73 Å². The molecule has 0 radical (unpaired) electrons. The highest BCUT2D eigenvalue weighted by Gasteiger charge is 2.11. The van der Waals surface area contributed by atoms with E-state index in [-0.39, 0.29) is 0 Å². The van der Waals surface area contributed by atoms with Crippen LogP contribution in [0.4, 0.5) is 0 Å². The predicted molar refractivity (Wildman–Crippen MR) is 53.4 cm³/mol. The summed E-state index contributed by atoms with van der Waals surface area (Å²) >= 11 is 0. The number of hydrogen-bond donors (Lipinski definition) is 0. The zero-order chi connectivity index (χ0) is 9.97. The molecule has 0 bridgehead atoms. The van der Waals surface area contributed by atoms with Crippen LogP contribution in [0.25, 0.3) is 11.3 Å². The van der Waals surface area contributed by atoms with Crippen molar-refractivity contribution in [1.82, 2.24) is 4.98 Å². The van der Waals surface area contributed by atoms with Crippen LogP contribution in [-0.4, -0.2) is 4.98 Å². The van der Waals surface area contributed by atoms with Gasteiger partial charge in [-0.15, -0.1) is 0 Å². The second kappa shape index (κ2) is 3.46. The van der Waals surface area contributed by atoms with Gasteiger partial charge in [-0.05, 0) is 19.1 Å². The number of hydrogen-bond acceptors (Lipinski definition) is 2. The Bertz CT molecular complexity index is 420. The normalized spacial score (nSPS) is 10.1. The number of aromatic nitrogens is 2. The summed E-state index contributed by atoms with van der Waals surface area (Å²) in [6, 6.07) is 9.53. The molecule has 0 fully saturated rings. The van der Waals surface area contributed by atoms with Crippen LogP contribution in [0, 0.1) is 12.1 Å². The average Bonchev–Trinajstić information content (AvgIpc) is 2.19. The Morgan fingerprint density at radius 1 is 1.21 bits per heavy atom. The van der Waals surface area contributed by atoms with Crippen LogP contribution in [-0.2, 0) is 0 Å². The van der Waals surface area contributed by atoms with Crippen molar-refractivity contribution in [2.45, 2.75) is 6.92 Å². The molecule has 2 rings (SSSR count). The van der Waals surface area contributed by atoms with Crippen LogP contribution in [0.1, 0.15) is 5.69 Å². The van der Waals surface area contributed by atoms with Gasteiger partial charge < -0.3 is 5.21 Å². The Morgan fingerprint density at radius 2 is 1.93 bits per heavy atom. The monoisotopic (exact) mass is 186 g/mol. The molecule has 1 aromatic carbocycles. The van der Waals surface area contributed by atoms with Gasteiger partial charge >= 0.3 is 0 Å². The fourth-order valence-electron chi connectivity index (χ4n) is 1.43. The van der Waals surface area contributed by atoms with Crippen LogP contribution >= 0.6 is 0 Å². The van der Waals surface area contributed by atoms with E-state index in [1.807, 2.05) is 37.3 Å². The van der Waals surface area contributed by atoms with E-state index in [0.717, 1.165) is 16.0 Å². The molecule has 0 atom stereocenters. The molecule has 3 heteroatoms. The Labute approximate surface area is 82.3 Å². The third-order valence-corrected chi connectivity index (χ3v) is 2.08. The van der Waals surface area contributed by atoms with Gasteiger partial charge in [-0.3, -0.25) is 0 Å². The molecule has 3 nitrogen and oxygen atoms in total. The lowest BCUT2D eigenvalue weighted by molar-refractivity contribution is -0.594. The summed E-state index contributed by atoms with van der Waals surface area (Å²) in [4.78, 5) is 4.10. The minimum Gasteiger partial charge on any atom is -0.618 e. The van der Waals surface area contributed by atoms with Crippen LogP contribution < -0.4 is 4.73 Å². The molecule has 1 heterocycles. The van der Waals surface area contributed by atoms with Gasteiger partial charge in [0.25, 0.3) is 0 Å². The van der Waals surface area contributed by atoms with Crippen molar-refractivity contribution < 1.29 is 4.73 Å². The molecule has 0 unspecified atom stereocenters. The zero-order valence-electron chi connectivity index (χ0n) is 7.84. The largest absolute Gasteiger partial charge is 0.618 e. The average molecular weight is 186 g/mol. The summed E-state index contributed by atoms with van der Waals surface area (Å²) in [5, 5.41) is 11.5. The molecule has 0 aliphatic heterocycles. The third-order valence-electron chi connectivity index (χ3n) is 2.08. The molecule has 0 spiro atoms. The summed E-state index contributed by atoms with van der Waals surface area (Å²) in [7, 11) is 0. The lowest BCUT2D eigenvalue weighted by Crippen LogP contribution is -2.29. The Morgan fingerprint density at radius 3 is 2.57 bits per heavy atom. The smallest absolute Gasteiger partial charge is 0.245 e. The zero-order valence-corrected chi connectivity index (χ0v) is 7.84. The highest BCUT2D eigenvalue weighted by Crippen LogP contribution is 2.16. The van der Waals surface area contributed by atoms with Crippen molar-refractivity contribution in [2.24, 2.45) is 0 Å². The van der Waals surface area contributed by atoms with Crippen LogP contribution in [0.2, 0.25) is 0 Å². The van der Waals surface area contributed by atoms with Gasteiger partial charge in [0.1, 0.15) is 5.69 Å². The molecule has 14 heavy (non-hydrogen) atoms. The molecule has 0 aliphatic rings. The van der Waals surface area contributed by atoms with E-state index < -0.39 is 0 Å². The summed E-state index contributed by atoms with van der Waals surface area (Å²) in [6.07, 6.45) is 2.92. The molecule has 0 saturated carbocycles. The Kier molecular flexibility index (Phi) is 2.14. The fourth-order valence-corrected chi connectivity index (χ4v) is 1.43. The quantitative estimate of drug-likeness (QED) is 0.502. The predicted octanol–water partition coefficient (Wildman–Crippen LogP) is 1.69. The van der Waals surface area contributed by atoms with E-state index in [1.54, 1.807) is 0 Å². The van der Waals surface area contributed by atoms with Gasteiger partial charge in [-0.25, -0.2) is 4.98 Å². The lowest BCUT2D eigenvalue weighted by Gasteiger charge is -2.05. The van der Waals surface area contributed by atoms with E-state index in [2.05, 4.69) is 4.98 Å². The van der Waals surface area contributed by atoms with Gasteiger partial charge in [0, 0.05) is 5.56 Å². The van der Waals surface area contributed by atoms with Gasteiger partial charge in [0.05, 0.1) is 6.20 Å². The minimum atomic E-state index is 0.619.